The number of hydrogen-bond donors (Lipinski definition) is 4. The van der Waals surface area contributed by atoms with Gasteiger partial charge in [-0.05, 0) is 26.7 Å². The summed E-state index contributed by atoms with van der Waals surface area (Å²) < 4.78 is 16.3. The number of unbranched alkanes of at least 4 members (excludes halogenated alkanes) is 2. The van der Waals surface area contributed by atoms with Crippen molar-refractivity contribution < 1.29 is 34.3 Å². The number of ether oxygens (including phenoxy) is 3. The fraction of sp³-hybridized carbons (Fsp3) is 0.941. The van der Waals surface area contributed by atoms with Crippen molar-refractivity contribution in [1.82, 2.24) is 5.32 Å². The van der Waals surface area contributed by atoms with Crippen LogP contribution in [-0.2, 0) is 19.0 Å². The summed E-state index contributed by atoms with van der Waals surface area (Å²) in [7, 11) is 0. The highest BCUT2D eigenvalue weighted by atomic mass is 16.7. The van der Waals surface area contributed by atoms with E-state index in [1.165, 1.54) is 0 Å². The van der Waals surface area contributed by atoms with Crippen molar-refractivity contribution in [2.24, 2.45) is 5.92 Å². The lowest BCUT2D eigenvalue weighted by Gasteiger charge is -2.40. The highest BCUT2D eigenvalue weighted by molar-refractivity contribution is 5.75. The molecule has 1 aliphatic heterocycles. The molecule has 0 bridgehead atoms. The van der Waals surface area contributed by atoms with Crippen LogP contribution < -0.4 is 5.32 Å². The third-order valence-electron chi connectivity index (χ3n) is 4.20. The van der Waals surface area contributed by atoms with Crippen molar-refractivity contribution in [2.75, 3.05) is 19.9 Å². The summed E-state index contributed by atoms with van der Waals surface area (Å²) in [5, 5.41) is 31.6. The van der Waals surface area contributed by atoms with Crippen molar-refractivity contribution in [3.8, 4) is 0 Å². The van der Waals surface area contributed by atoms with Gasteiger partial charge in [0.25, 0.3) is 0 Å². The normalized spacial score (nSPS) is 29.8. The number of nitrogens with one attached hydrogen (secondary N) is 1. The molecule has 5 atom stereocenters. The second-order valence-corrected chi connectivity index (χ2v) is 6.71. The van der Waals surface area contributed by atoms with Crippen LogP contribution in [0.15, 0.2) is 0 Å². The molecule has 4 N–H and O–H groups in total. The number of carbonyl (C=O) groups excluding carboxylic acids is 1. The van der Waals surface area contributed by atoms with Crippen molar-refractivity contribution in [3.63, 3.8) is 0 Å². The lowest BCUT2D eigenvalue weighted by atomic mass is 9.92. The zero-order valence-corrected chi connectivity index (χ0v) is 15.4. The Balaban J connectivity index is 2.12. The fourth-order valence-electron chi connectivity index (χ4n) is 2.55. The van der Waals surface area contributed by atoms with Gasteiger partial charge in [-0.2, -0.15) is 0 Å². The third-order valence-corrected chi connectivity index (χ3v) is 4.20. The number of rotatable bonds is 11. The highest BCUT2D eigenvalue weighted by Crippen LogP contribution is 2.26. The van der Waals surface area contributed by atoms with Crippen LogP contribution in [0, 0.1) is 5.92 Å². The lowest BCUT2D eigenvalue weighted by Crippen LogP contribution is -2.55. The van der Waals surface area contributed by atoms with Crippen molar-refractivity contribution in [3.05, 3.63) is 0 Å². The maximum Gasteiger partial charge on any atom is 0.221 e. The Bertz CT molecular complexity index is 378. The van der Waals surface area contributed by atoms with Gasteiger partial charge in [-0.25, -0.2) is 0 Å². The van der Waals surface area contributed by atoms with Gasteiger partial charge in [-0.1, -0.05) is 13.3 Å². The summed E-state index contributed by atoms with van der Waals surface area (Å²) in [4.78, 5) is 11.6. The van der Waals surface area contributed by atoms with Crippen LogP contribution in [0.2, 0.25) is 0 Å². The molecule has 0 aromatic rings. The standard InChI is InChI=1S/C17H33NO7/c1-11(2)24-10-18-14(20)7-5-4-6-8-23-17-12(3)15(21)16(22)13(9-19)25-17/h11-13,15-17,19,21-22H,4-10H2,1-3H3,(H,18,20)/t12?,13?,15-,16+,17-/m1/s1. The topological polar surface area (TPSA) is 117 Å². The number of aliphatic hydroxyl groups is 3. The fourth-order valence-corrected chi connectivity index (χ4v) is 2.55. The van der Waals surface area contributed by atoms with Gasteiger partial charge in [0.2, 0.25) is 5.91 Å². The molecule has 0 aromatic carbocycles. The maximum absolute atomic E-state index is 11.6. The van der Waals surface area contributed by atoms with Gasteiger partial charge in [0.1, 0.15) is 18.9 Å². The summed E-state index contributed by atoms with van der Waals surface area (Å²) in [6, 6.07) is 0. The van der Waals surface area contributed by atoms with E-state index in [-0.39, 0.29) is 31.3 Å². The second-order valence-electron chi connectivity index (χ2n) is 6.71. The molecular formula is C17H33NO7. The Hall–Kier alpha value is -0.770. The minimum Gasteiger partial charge on any atom is -0.394 e. The predicted octanol–water partition coefficient (Wildman–Crippen LogP) is 0.137. The molecule has 8 nitrogen and oxygen atoms in total. The molecular weight excluding hydrogens is 330 g/mol. The van der Waals surface area contributed by atoms with Crippen LogP contribution in [-0.4, -0.2) is 71.9 Å². The average molecular weight is 363 g/mol. The number of aliphatic hydroxyl groups excluding tert-OH is 3. The van der Waals surface area contributed by atoms with Crippen LogP contribution in [0.5, 0.6) is 0 Å². The first-order valence-electron chi connectivity index (χ1n) is 8.99. The number of hydrogen-bond acceptors (Lipinski definition) is 7. The summed E-state index contributed by atoms with van der Waals surface area (Å²) in [6.45, 7) is 5.83. The van der Waals surface area contributed by atoms with Crippen molar-refractivity contribution >= 4 is 5.91 Å². The highest BCUT2D eigenvalue weighted by Gasteiger charge is 2.42. The van der Waals surface area contributed by atoms with Crippen LogP contribution in [0.1, 0.15) is 46.5 Å². The van der Waals surface area contributed by atoms with E-state index in [4.69, 9.17) is 14.2 Å². The smallest absolute Gasteiger partial charge is 0.221 e. The quantitative estimate of drug-likeness (QED) is 0.305. The number of carbonyl (C=O) groups is 1. The zero-order valence-electron chi connectivity index (χ0n) is 15.4. The zero-order chi connectivity index (χ0) is 18.8. The van der Waals surface area contributed by atoms with Crippen LogP contribution >= 0.6 is 0 Å². The van der Waals surface area contributed by atoms with Gasteiger partial charge in [0.05, 0.1) is 18.8 Å². The van der Waals surface area contributed by atoms with Gasteiger partial charge in [-0.3, -0.25) is 4.79 Å². The van der Waals surface area contributed by atoms with Gasteiger partial charge in [0.15, 0.2) is 6.29 Å². The molecule has 1 heterocycles. The van der Waals surface area contributed by atoms with E-state index in [1.807, 2.05) is 13.8 Å². The minimum absolute atomic E-state index is 0.0336. The molecule has 0 saturated carbocycles. The van der Waals surface area contributed by atoms with Gasteiger partial charge >= 0.3 is 0 Å². The van der Waals surface area contributed by atoms with E-state index in [0.29, 0.717) is 13.0 Å². The molecule has 1 rings (SSSR count). The molecule has 0 spiro atoms. The SMILES string of the molecule is CC(C)OCNC(=O)CCCCCO[C@@H]1OC(CO)[C@H](O)[C@H](O)C1C. The molecule has 1 saturated heterocycles. The van der Waals surface area contributed by atoms with Crippen molar-refractivity contribution in [2.45, 2.75) is 77.2 Å². The molecule has 0 aliphatic carbocycles. The van der Waals surface area contributed by atoms with Crippen molar-refractivity contribution in [1.29, 1.82) is 0 Å². The second kappa shape index (κ2) is 11.8. The van der Waals surface area contributed by atoms with E-state index in [0.717, 1.165) is 19.3 Å². The predicted molar refractivity (Wildman–Crippen MR) is 90.6 cm³/mol. The first-order valence-corrected chi connectivity index (χ1v) is 8.99. The van der Waals surface area contributed by atoms with Gasteiger partial charge in [-0.15, -0.1) is 0 Å². The monoisotopic (exact) mass is 363 g/mol. The first-order chi connectivity index (χ1) is 11.9. The average Bonchev–Trinajstić information content (AvgIpc) is 2.57. The Morgan fingerprint density at radius 3 is 2.56 bits per heavy atom. The molecule has 0 aromatic heterocycles. The van der Waals surface area contributed by atoms with Crippen LogP contribution in [0.3, 0.4) is 0 Å². The van der Waals surface area contributed by atoms with E-state index in [1.54, 1.807) is 6.92 Å². The molecule has 25 heavy (non-hydrogen) atoms. The molecule has 1 fully saturated rings. The summed E-state index contributed by atoms with van der Waals surface area (Å²) >= 11 is 0. The van der Waals surface area contributed by atoms with Gasteiger partial charge < -0.3 is 34.8 Å². The maximum atomic E-state index is 11.6. The lowest BCUT2D eigenvalue weighted by molar-refractivity contribution is -0.282. The summed E-state index contributed by atoms with van der Waals surface area (Å²) in [5.74, 6) is -0.418. The molecule has 0 radical (unpaired) electrons. The first kappa shape index (κ1) is 22.3. The Morgan fingerprint density at radius 2 is 1.92 bits per heavy atom. The Labute approximate surface area is 149 Å². The third kappa shape index (κ3) is 7.98. The summed E-state index contributed by atoms with van der Waals surface area (Å²) in [6.07, 6.45) is -0.745. The molecule has 8 heteroatoms. The molecule has 1 amide bonds. The van der Waals surface area contributed by atoms with E-state index in [2.05, 4.69) is 5.32 Å². The Kier molecular flexibility index (Phi) is 10.5. The van der Waals surface area contributed by atoms with E-state index >= 15 is 0 Å². The van der Waals surface area contributed by atoms with Crippen LogP contribution in [0.25, 0.3) is 0 Å². The largest absolute Gasteiger partial charge is 0.394 e. The van der Waals surface area contributed by atoms with Crippen LogP contribution in [0.4, 0.5) is 0 Å². The number of amides is 1. The van der Waals surface area contributed by atoms with E-state index in [9.17, 15) is 20.1 Å². The molecule has 2 unspecified atom stereocenters. The minimum atomic E-state index is -1.11. The van der Waals surface area contributed by atoms with Gasteiger partial charge in [0, 0.05) is 18.9 Å². The Morgan fingerprint density at radius 1 is 1.20 bits per heavy atom. The van der Waals surface area contributed by atoms with E-state index < -0.39 is 24.6 Å². The summed E-state index contributed by atoms with van der Waals surface area (Å²) in [5.41, 5.74) is 0. The molecule has 148 valence electrons. The molecule has 1 aliphatic rings.